The summed E-state index contributed by atoms with van der Waals surface area (Å²) in [5.74, 6) is 7.30. The number of likely N-dealkylation sites (tertiary alicyclic amines) is 2. The van der Waals surface area contributed by atoms with E-state index in [1.165, 1.54) is 0 Å². The predicted molar refractivity (Wildman–Crippen MR) is 188 cm³/mol. The van der Waals surface area contributed by atoms with E-state index in [1.54, 1.807) is 16.7 Å². The summed E-state index contributed by atoms with van der Waals surface area (Å²) in [6.07, 6.45) is 4.85. The lowest BCUT2D eigenvalue weighted by atomic mass is 10.1. The van der Waals surface area contributed by atoms with Crippen LogP contribution in [0, 0.1) is 11.8 Å². The first-order valence-corrected chi connectivity index (χ1v) is 17.7. The Balaban J connectivity index is 1.16. The van der Waals surface area contributed by atoms with Gasteiger partial charge in [0.05, 0.1) is 28.5 Å². The van der Waals surface area contributed by atoms with E-state index in [9.17, 15) is 9.59 Å². The molecule has 2 atom stereocenters. The van der Waals surface area contributed by atoms with Crippen LogP contribution in [0.3, 0.4) is 0 Å². The molecule has 2 aliphatic rings. The molecule has 2 fully saturated rings. The molecule has 2 aromatic carbocycles. The maximum atomic E-state index is 13.1. The van der Waals surface area contributed by atoms with Crippen molar-refractivity contribution in [3.8, 4) is 23.1 Å². The first-order valence-electron chi connectivity index (χ1n) is 16.5. The lowest BCUT2D eigenvalue weighted by Gasteiger charge is -2.36. The van der Waals surface area contributed by atoms with E-state index in [4.69, 9.17) is 14.5 Å². The van der Waals surface area contributed by atoms with Crippen LogP contribution in [0.2, 0.25) is 0 Å². The number of aromatic amines is 2. The molecule has 2 aromatic heterocycles. The van der Waals surface area contributed by atoms with Gasteiger partial charge >= 0.3 is 12.2 Å². The average molecular weight is 669 g/mol. The van der Waals surface area contributed by atoms with Crippen molar-refractivity contribution in [3.05, 3.63) is 71.2 Å². The number of H-pyrrole nitrogens is 2. The Morgan fingerprint density at radius 1 is 0.917 bits per heavy atom. The number of thioether (sulfide) groups is 1. The number of fused-ring (bicyclic) bond motifs is 1. The lowest BCUT2D eigenvalue weighted by Crippen LogP contribution is -2.45. The highest BCUT2D eigenvalue weighted by atomic mass is 32.2. The Labute approximate surface area is 286 Å². The highest BCUT2D eigenvalue weighted by molar-refractivity contribution is 7.99. The molecule has 0 saturated carbocycles. The van der Waals surface area contributed by atoms with Crippen LogP contribution in [-0.4, -0.2) is 72.7 Å². The van der Waals surface area contributed by atoms with E-state index in [2.05, 4.69) is 27.0 Å². The van der Waals surface area contributed by atoms with Gasteiger partial charge in [0.1, 0.15) is 21.9 Å². The fourth-order valence-corrected chi connectivity index (χ4v) is 7.35. The van der Waals surface area contributed by atoms with Crippen LogP contribution in [0.1, 0.15) is 95.9 Å². The van der Waals surface area contributed by atoms with Gasteiger partial charge < -0.3 is 14.5 Å². The molecule has 4 aromatic rings. The van der Waals surface area contributed by atoms with Crippen LogP contribution >= 0.6 is 11.8 Å². The topological polar surface area (TPSA) is 116 Å². The predicted octanol–water partition coefficient (Wildman–Crippen LogP) is 7.97. The maximum absolute atomic E-state index is 13.1. The molecule has 4 heterocycles. The first-order chi connectivity index (χ1) is 22.7. The van der Waals surface area contributed by atoms with Gasteiger partial charge in [0, 0.05) is 29.8 Å². The minimum atomic E-state index is -0.612. The van der Waals surface area contributed by atoms with E-state index in [-0.39, 0.29) is 18.2 Å². The van der Waals surface area contributed by atoms with Crippen molar-refractivity contribution in [1.29, 1.82) is 0 Å². The number of benzene rings is 2. The fourth-order valence-electron chi connectivity index (χ4n) is 6.33. The quantitative estimate of drug-likeness (QED) is 0.212. The smallest absolute Gasteiger partial charge is 0.411 e. The molecular formula is C37H44N6O4S. The summed E-state index contributed by atoms with van der Waals surface area (Å²) in [6.45, 7) is 12.6. The molecule has 252 valence electrons. The second-order valence-electron chi connectivity index (χ2n) is 14.4. The van der Waals surface area contributed by atoms with Crippen LogP contribution in [0.4, 0.5) is 9.59 Å². The largest absolute Gasteiger partial charge is 0.444 e. The SMILES string of the molecule is CSC1(c2nc3ccc(C#Cc4ccc(-c5cc(C6CCCN6C(=O)OC(C)(C)C)[nH]n5)cc4)cc3[nH]2)CCCN1C(=O)OC(C)(C)C. The van der Waals surface area contributed by atoms with Crippen molar-refractivity contribution >= 4 is 35.0 Å². The maximum Gasteiger partial charge on any atom is 0.411 e. The van der Waals surface area contributed by atoms with E-state index in [0.717, 1.165) is 70.6 Å². The highest BCUT2D eigenvalue weighted by Gasteiger charge is 2.48. The molecular weight excluding hydrogens is 625 g/mol. The second-order valence-corrected chi connectivity index (χ2v) is 15.5. The molecule has 48 heavy (non-hydrogen) atoms. The van der Waals surface area contributed by atoms with Gasteiger partial charge in [0.2, 0.25) is 0 Å². The van der Waals surface area contributed by atoms with E-state index in [1.807, 2.05) is 101 Å². The number of hydrogen-bond acceptors (Lipinski definition) is 7. The molecule has 2 N–H and O–H groups in total. The zero-order valence-electron chi connectivity index (χ0n) is 28.8. The first kappa shape index (κ1) is 33.5. The Kier molecular flexibility index (Phi) is 8.98. The van der Waals surface area contributed by atoms with Crippen molar-refractivity contribution in [1.82, 2.24) is 30.0 Å². The molecule has 11 heteroatoms. The fraction of sp³-hybridized carbons (Fsp3) is 0.459. The highest BCUT2D eigenvalue weighted by Crippen LogP contribution is 2.46. The van der Waals surface area contributed by atoms with Gasteiger partial charge in [-0.1, -0.05) is 24.0 Å². The number of imidazole rings is 1. The summed E-state index contributed by atoms with van der Waals surface area (Å²) in [4.78, 5) is 37.3. The Bertz CT molecular complexity index is 1870. The molecule has 0 spiro atoms. The summed E-state index contributed by atoms with van der Waals surface area (Å²) >= 11 is 1.61. The van der Waals surface area contributed by atoms with Crippen LogP contribution in [0.15, 0.2) is 48.5 Å². The van der Waals surface area contributed by atoms with Gasteiger partial charge in [-0.3, -0.25) is 14.9 Å². The third-order valence-electron chi connectivity index (χ3n) is 8.51. The van der Waals surface area contributed by atoms with E-state index in [0.29, 0.717) is 13.1 Å². The number of amides is 2. The standard InChI is InChI=1S/C37H44N6O4S/c1-35(2,3)46-33(44)42-20-8-10-31(42)30-23-28(40-41-30)26-16-13-24(14-17-26)11-12-25-15-18-27-29(22-25)39-32(38-27)37(48-7)19-9-21-43(37)34(45)47-36(4,5)6/h13-18,22-23,31H,8-10,19-21H2,1-7H3,(H,38,39)(H,40,41). The third-order valence-corrected chi connectivity index (χ3v) is 9.80. The number of aromatic nitrogens is 4. The van der Waals surface area contributed by atoms with Crippen molar-refractivity contribution in [2.24, 2.45) is 0 Å². The van der Waals surface area contributed by atoms with Gasteiger partial charge in [0.15, 0.2) is 0 Å². The summed E-state index contributed by atoms with van der Waals surface area (Å²) in [5, 5.41) is 7.69. The zero-order chi connectivity index (χ0) is 34.3. The molecule has 2 saturated heterocycles. The molecule has 2 unspecified atom stereocenters. The Morgan fingerprint density at radius 2 is 1.60 bits per heavy atom. The molecule has 6 rings (SSSR count). The number of rotatable bonds is 4. The molecule has 2 aliphatic heterocycles. The van der Waals surface area contributed by atoms with E-state index < -0.39 is 16.1 Å². The van der Waals surface area contributed by atoms with Gasteiger partial charge in [-0.2, -0.15) is 5.10 Å². The summed E-state index contributed by atoms with van der Waals surface area (Å²) in [6, 6.07) is 15.9. The van der Waals surface area contributed by atoms with E-state index >= 15 is 0 Å². The number of carbonyl (C=O) groups excluding carboxylic acids is 2. The summed E-state index contributed by atoms with van der Waals surface area (Å²) in [7, 11) is 0. The third kappa shape index (κ3) is 7.04. The van der Waals surface area contributed by atoms with Crippen LogP contribution in [-0.2, 0) is 14.3 Å². The van der Waals surface area contributed by atoms with Gasteiger partial charge in [-0.05, 0) is 110 Å². The van der Waals surface area contributed by atoms with Gasteiger partial charge in [0.25, 0.3) is 0 Å². The van der Waals surface area contributed by atoms with Crippen molar-refractivity contribution in [2.45, 2.75) is 89.3 Å². The van der Waals surface area contributed by atoms with Gasteiger partial charge in [-0.15, -0.1) is 11.8 Å². The number of hydrogen-bond donors (Lipinski definition) is 2. The second kappa shape index (κ2) is 12.9. The summed E-state index contributed by atoms with van der Waals surface area (Å²) in [5.41, 5.74) is 5.02. The molecule has 10 nitrogen and oxygen atoms in total. The van der Waals surface area contributed by atoms with Crippen molar-refractivity contribution in [2.75, 3.05) is 19.3 Å². The summed E-state index contributed by atoms with van der Waals surface area (Å²) < 4.78 is 11.4. The van der Waals surface area contributed by atoms with Crippen LogP contribution < -0.4 is 0 Å². The van der Waals surface area contributed by atoms with Crippen LogP contribution in [0.5, 0.6) is 0 Å². The van der Waals surface area contributed by atoms with Crippen molar-refractivity contribution < 1.29 is 19.1 Å². The zero-order valence-corrected chi connectivity index (χ0v) is 29.6. The molecule has 0 aliphatic carbocycles. The number of nitrogens with one attached hydrogen (secondary N) is 2. The van der Waals surface area contributed by atoms with Gasteiger partial charge in [-0.25, -0.2) is 14.6 Å². The Hall–Kier alpha value is -4.43. The minimum absolute atomic E-state index is 0.0807. The minimum Gasteiger partial charge on any atom is -0.444 e. The molecule has 2 amide bonds. The average Bonchev–Trinajstić information content (AvgIpc) is 3.83. The Morgan fingerprint density at radius 3 is 2.31 bits per heavy atom. The number of nitrogens with zero attached hydrogens (tertiary/aromatic N) is 4. The monoisotopic (exact) mass is 668 g/mol. The number of ether oxygens (including phenoxy) is 2. The number of carbonyl (C=O) groups is 2. The lowest BCUT2D eigenvalue weighted by molar-refractivity contribution is 0.0181. The van der Waals surface area contributed by atoms with Crippen LogP contribution in [0.25, 0.3) is 22.3 Å². The molecule has 0 bridgehead atoms. The normalized spacial score (nSPS) is 19.8. The van der Waals surface area contributed by atoms with Crippen molar-refractivity contribution in [3.63, 3.8) is 0 Å². The molecule has 0 radical (unpaired) electrons.